The minimum atomic E-state index is -0.150. The zero-order chi connectivity index (χ0) is 14.5. The maximum absolute atomic E-state index is 12.6. The van der Waals surface area contributed by atoms with Gasteiger partial charge in [0.25, 0.3) is 0 Å². The van der Waals surface area contributed by atoms with Gasteiger partial charge in [-0.2, -0.15) is 0 Å². The zero-order valence-corrected chi connectivity index (χ0v) is 11.9. The van der Waals surface area contributed by atoms with E-state index in [9.17, 15) is 4.79 Å². The summed E-state index contributed by atoms with van der Waals surface area (Å²) in [6.45, 7) is 2.82. The Kier molecular flexibility index (Phi) is 4.40. The summed E-state index contributed by atoms with van der Waals surface area (Å²) in [5, 5.41) is 0. The standard InChI is InChI=1S/C15H18N2O3/c1-4-8-17-9-7-16-15(17)14(18)12-6-5-11(19-2)10-13(12)20-3/h5-7,9-10H,4,8H2,1-3H3. The van der Waals surface area contributed by atoms with Gasteiger partial charge in [-0.3, -0.25) is 4.79 Å². The Morgan fingerprint density at radius 1 is 1.30 bits per heavy atom. The van der Waals surface area contributed by atoms with Gasteiger partial charge in [0, 0.05) is 25.0 Å². The average molecular weight is 274 g/mol. The number of ketones is 1. The maximum atomic E-state index is 12.6. The van der Waals surface area contributed by atoms with Crippen molar-refractivity contribution in [2.24, 2.45) is 0 Å². The maximum Gasteiger partial charge on any atom is 0.232 e. The summed E-state index contributed by atoms with van der Waals surface area (Å²) < 4.78 is 12.3. The van der Waals surface area contributed by atoms with Crippen LogP contribution in [0.15, 0.2) is 30.6 Å². The number of carbonyl (C=O) groups is 1. The first-order valence-electron chi connectivity index (χ1n) is 6.49. The number of nitrogens with zero attached hydrogens (tertiary/aromatic N) is 2. The monoisotopic (exact) mass is 274 g/mol. The lowest BCUT2D eigenvalue weighted by Crippen LogP contribution is -2.12. The Balaban J connectivity index is 2.40. The smallest absolute Gasteiger partial charge is 0.232 e. The van der Waals surface area contributed by atoms with Crippen molar-refractivity contribution in [1.29, 1.82) is 0 Å². The van der Waals surface area contributed by atoms with Crippen molar-refractivity contribution in [1.82, 2.24) is 9.55 Å². The Hall–Kier alpha value is -2.30. The van der Waals surface area contributed by atoms with Crippen LogP contribution >= 0.6 is 0 Å². The quantitative estimate of drug-likeness (QED) is 0.760. The SMILES string of the molecule is CCCn1ccnc1C(=O)c1ccc(OC)cc1OC. The molecular weight excluding hydrogens is 256 g/mol. The molecule has 0 aliphatic rings. The third-order valence-corrected chi connectivity index (χ3v) is 3.04. The highest BCUT2D eigenvalue weighted by atomic mass is 16.5. The summed E-state index contributed by atoms with van der Waals surface area (Å²) in [4.78, 5) is 16.7. The first-order valence-corrected chi connectivity index (χ1v) is 6.49. The van der Waals surface area contributed by atoms with E-state index in [-0.39, 0.29) is 5.78 Å². The number of rotatable bonds is 6. The van der Waals surface area contributed by atoms with E-state index >= 15 is 0 Å². The van der Waals surface area contributed by atoms with Crippen LogP contribution in [0.5, 0.6) is 11.5 Å². The highest BCUT2D eigenvalue weighted by molar-refractivity contribution is 6.08. The molecule has 0 bridgehead atoms. The molecule has 0 fully saturated rings. The molecule has 2 aromatic rings. The molecule has 0 radical (unpaired) electrons. The van der Waals surface area contributed by atoms with E-state index in [0.717, 1.165) is 13.0 Å². The second-order valence-corrected chi connectivity index (χ2v) is 4.34. The van der Waals surface area contributed by atoms with Crippen LogP contribution in [-0.4, -0.2) is 29.6 Å². The van der Waals surface area contributed by atoms with Crippen molar-refractivity contribution < 1.29 is 14.3 Å². The molecule has 0 N–H and O–H groups in total. The lowest BCUT2D eigenvalue weighted by atomic mass is 10.1. The Labute approximate surface area is 118 Å². The number of carbonyl (C=O) groups excluding carboxylic acids is 1. The average Bonchev–Trinajstić information content (AvgIpc) is 2.94. The van der Waals surface area contributed by atoms with E-state index in [1.165, 1.54) is 7.11 Å². The largest absolute Gasteiger partial charge is 0.497 e. The molecule has 0 aliphatic heterocycles. The number of ether oxygens (including phenoxy) is 2. The first-order chi connectivity index (χ1) is 9.71. The fraction of sp³-hybridized carbons (Fsp3) is 0.333. The summed E-state index contributed by atoms with van der Waals surface area (Å²) in [6, 6.07) is 5.13. The summed E-state index contributed by atoms with van der Waals surface area (Å²) in [5.41, 5.74) is 0.483. The number of hydrogen-bond acceptors (Lipinski definition) is 4. The first kappa shape index (κ1) is 14.1. The third kappa shape index (κ3) is 2.66. The molecular formula is C15H18N2O3. The molecule has 0 unspecified atom stereocenters. The Morgan fingerprint density at radius 3 is 2.75 bits per heavy atom. The van der Waals surface area contributed by atoms with Gasteiger partial charge in [-0.1, -0.05) is 6.92 Å². The van der Waals surface area contributed by atoms with Crippen molar-refractivity contribution in [3.05, 3.63) is 42.0 Å². The Morgan fingerprint density at radius 2 is 2.10 bits per heavy atom. The van der Waals surface area contributed by atoms with Gasteiger partial charge in [0.15, 0.2) is 5.82 Å². The predicted octanol–water partition coefficient (Wildman–Crippen LogP) is 2.54. The van der Waals surface area contributed by atoms with Gasteiger partial charge in [-0.25, -0.2) is 4.98 Å². The minimum Gasteiger partial charge on any atom is -0.497 e. The molecule has 2 rings (SSSR count). The molecule has 1 aromatic carbocycles. The van der Waals surface area contributed by atoms with Crippen molar-refractivity contribution in [2.45, 2.75) is 19.9 Å². The highest BCUT2D eigenvalue weighted by Crippen LogP contribution is 2.26. The molecule has 0 aliphatic carbocycles. The van der Waals surface area contributed by atoms with Crippen LogP contribution in [0.25, 0.3) is 0 Å². The van der Waals surface area contributed by atoms with E-state index < -0.39 is 0 Å². The van der Waals surface area contributed by atoms with Crippen LogP contribution in [0.3, 0.4) is 0 Å². The van der Waals surface area contributed by atoms with Crippen molar-refractivity contribution >= 4 is 5.78 Å². The number of hydrogen-bond donors (Lipinski definition) is 0. The zero-order valence-electron chi connectivity index (χ0n) is 11.9. The second-order valence-electron chi connectivity index (χ2n) is 4.34. The molecule has 0 saturated carbocycles. The molecule has 0 saturated heterocycles. The van der Waals surface area contributed by atoms with E-state index in [2.05, 4.69) is 11.9 Å². The molecule has 1 aromatic heterocycles. The summed E-state index contributed by atoms with van der Waals surface area (Å²) in [7, 11) is 3.11. The fourth-order valence-electron chi connectivity index (χ4n) is 2.05. The number of benzene rings is 1. The van der Waals surface area contributed by atoms with E-state index in [0.29, 0.717) is 22.9 Å². The summed E-state index contributed by atoms with van der Waals surface area (Å²) >= 11 is 0. The molecule has 5 nitrogen and oxygen atoms in total. The van der Waals surface area contributed by atoms with Crippen LogP contribution in [0.2, 0.25) is 0 Å². The minimum absolute atomic E-state index is 0.150. The van der Waals surface area contributed by atoms with E-state index in [1.54, 1.807) is 31.5 Å². The molecule has 0 amide bonds. The van der Waals surface area contributed by atoms with Crippen LogP contribution in [0, 0.1) is 0 Å². The lowest BCUT2D eigenvalue weighted by molar-refractivity contribution is 0.102. The lowest BCUT2D eigenvalue weighted by Gasteiger charge is -2.10. The van der Waals surface area contributed by atoms with Gasteiger partial charge in [-0.15, -0.1) is 0 Å². The van der Waals surface area contributed by atoms with Gasteiger partial charge < -0.3 is 14.0 Å². The van der Waals surface area contributed by atoms with E-state index in [1.807, 2.05) is 10.8 Å². The van der Waals surface area contributed by atoms with Crippen molar-refractivity contribution in [2.75, 3.05) is 14.2 Å². The molecule has 106 valence electrons. The fourth-order valence-corrected chi connectivity index (χ4v) is 2.05. The predicted molar refractivity (Wildman–Crippen MR) is 75.5 cm³/mol. The molecule has 20 heavy (non-hydrogen) atoms. The normalized spacial score (nSPS) is 10.3. The third-order valence-electron chi connectivity index (χ3n) is 3.04. The summed E-state index contributed by atoms with van der Waals surface area (Å²) in [5.74, 6) is 1.41. The van der Waals surface area contributed by atoms with Crippen LogP contribution in [0.1, 0.15) is 29.5 Å². The summed E-state index contributed by atoms with van der Waals surface area (Å²) in [6.07, 6.45) is 4.39. The molecule has 1 heterocycles. The van der Waals surface area contributed by atoms with Gasteiger partial charge in [0.2, 0.25) is 5.78 Å². The van der Waals surface area contributed by atoms with Gasteiger partial charge >= 0.3 is 0 Å². The van der Waals surface area contributed by atoms with Crippen LogP contribution < -0.4 is 9.47 Å². The van der Waals surface area contributed by atoms with Crippen LogP contribution in [-0.2, 0) is 6.54 Å². The number of aryl methyl sites for hydroxylation is 1. The number of imidazole rings is 1. The van der Waals surface area contributed by atoms with Gasteiger partial charge in [-0.05, 0) is 18.6 Å². The molecule has 0 atom stereocenters. The Bertz CT molecular complexity index is 605. The number of aromatic nitrogens is 2. The molecule has 5 heteroatoms. The molecule has 0 spiro atoms. The van der Waals surface area contributed by atoms with Gasteiger partial charge in [0.05, 0.1) is 19.8 Å². The number of methoxy groups -OCH3 is 2. The van der Waals surface area contributed by atoms with Crippen LogP contribution in [0.4, 0.5) is 0 Å². The van der Waals surface area contributed by atoms with Gasteiger partial charge in [0.1, 0.15) is 11.5 Å². The highest BCUT2D eigenvalue weighted by Gasteiger charge is 2.19. The van der Waals surface area contributed by atoms with Crippen molar-refractivity contribution in [3.63, 3.8) is 0 Å². The second kappa shape index (κ2) is 6.23. The van der Waals surface area contributed by atoms with E-state index in [4.69, 9.17) is 9.47 Å². The topological polar surface area (TPSA) is 53.4 Å². The van der Waals surface area contributed by atoms with Crippen molar-refractivity contribution in [3.8, 4) is 11.5 Å².